The minimum absolute atomic E-state index is 0.343. The van der Waals surface area contributed by atoms with E-state index in [9.17, 15) is 14.4 Å². The van der Waals surface area contributed by atoms with Gasteiger partial charge in [-0.1, -0.05) is 30.3 Å². The van der Waals surface area contributed by atoms with E-state index in [1.165, 1.54) is 12.0 Å². The number of fused-ring (bicyclic) bond motifs is 1. The SMILES string of the molecule is CCOc1ccc(N2C(=O)[C@@H]3[C@@H](c4ccc(C(=O)OC)cc4)N(c4ccccc4)O[C@H]3C2=O)cc1. The molecular weight excluding hydrogens is 448 g/mol. The van der Waals surface area contributed by atoms with Crippen LogP contribution >= 0.6 is 0 Å². The van der Waals surface area contributed by atoms with Crippen LogP contribution in [0.15, 0.2) is 78.9 Å². The van der Waals surface area contributed by atoms with Crippen LogP contribution in [0.25, 0.3) is 0 Å². The molecule has 2 aliphatic rings. The third-order valence-electron chi connectivity index (χ3n) is 6.21. The Bertz CT molecular complexity index is 1240. The van der Waals surface area contributed by atoms with Crippen LogP contribution in [0.5, 0.6) is 5.75 Å². The van der Waals surface area contributed by atoms with E-state index in [2.05, 4.69) is 0 Å². The Balaban J connectivity index is 1.52. The van der Waals surface area contributed by atoms with Gasteiger partial charge in [0.05, 0.1) is 36.7 Å². The number of benzene rings is 3. The third kappa shape index (κ3) is 3.91. The highest BCUT2D eigenvalue weighted by Crippen LogP contribution is 2.47. The van der Waals surface area contributed by atoms with E-state index in [1.54, 1.807) is 53.6 Å². The first-order chi connectivity index (χ1) is 17.0. The van der Waals surface area contributed by atoms with Crippen LogP contribution in [0.4, 0.5) is 11.4 Å². The molecule has 0 aromatic heterocycles. The van der Waals surface area contributed by atoms with Crippen LogP contribution < -0.4 is 14.7 Å². The van der Waals surface area contributed by atoms with Gasteiger partial charge in [-0.25, -0.2) is 14.8 Å². The van der Waals surface area contributed by atoms with Gasteiger partial charge < -0.3 is 9.47 Å². The molecule has 3 aromatic carbocycles. The molecule has 35 heavy (non-hydrogen) atoms. The quantitative estimate of drug-likeness (QED) is 0.397. The number of amides is 2. The molecule has 0 N–H and O–H groups in total. The number of esters is 1. The molecule has 2 fully saturated rings. The van der Waals surface area contributed by atoms with Gasteiger partial charge in [-0.15, -0.1) is 0 Å². The number of methoxy groups -OCH3 is 1. The monoisotopic (exact) mass is 472 g/mol. The Kier molecular flexibility index (Phi) is 5.96. The molecule has 2 amide bonds. The smallest absolute Gasteiger partial charge is 0.337 e. The maximum atomic E-state index is 13.7. The van der Waals surface area contributed by atoms with Crippen LogP contribution in [0.1, 0.15) is 28.9 Å². The van der Waals surface area contributed by atoms with Gasteiger partial charge in [0.25, 0.3) is 5.91 Å². The first-order valence-electron chi connectivity index (χ1n) is 11.3. The second-order valence-electron chi connectivity index (χ2n) is 8.21. The van der Waals surface area contributed by atoms with Crippen LogP contribution in [0.3, 0.4) is 0 Å². The molecule has 2 saturated heterocycles. The van der Waals surface area contributed by atoms with Crippen molar-refractivity contribution in [2.24, 2.45) is 5.92 Å². The van der Waals surface area contributed by atoms with Crippen molar-refractivity contribution in [1.82, 2.24) is 0 Å². The molecule has 0 saturated carbocycles. The van der Waals surface area contributed by atoms with Gasteiger partial charge in [-0.2, -0.15) is 0 Å². The van der Waals surface area contributed by atoms with E-state index in [-0.39, 0.29) is 5.91 Å². The van der Waals surface area contributed by atoms with E-state index in [0.29, 0.717) is 23.6 Å². The molecule has 0 spiro atoms. The van der Waals surface area contributed by atoms with Gasteiger partial charge >= 0.3 is 5.97 Å². The Labute approximate surface area is 202 Å². The van der Waals surface area contributed by atoms with E-state index >= 15 is 0 Å². The molecule has 0 unspecified atom stereocenters. The van der Waals surface area contributed by atoms with Crippen molar-refractivity contribution < 1.29 is 28.7 Å². The highest BCUT2D eigenvalue weighted by atomic mass is 16.7. The highest BCUT2D eigenvalue weighted by Gasteiger charge is 2.60. The lowest BCUT2D eigenvalue weighted by Crippen LogP contribution is -2.37. The summed E-state index contributed by atoms with van der Waals surface area (Å²) in [6.07, 6.45) is -0.973. The zero-order valence-electron chi connectivity index (χ0n) is 19.3. The summed E-state index contributed by atoms with van der Waals surface area (Å²) >= 11 is 0. The number of anilines is 2. The molecule has 2 aliphatic heterocycles. The molecule has 8 heteroatoms. The van der Waals surface area contributed by atoms with Crippen molar-refractivity contribution >= 4 is 29.2 Å². The summed E-state index contributed by atoms with van der Waals surface area (Å²) in [4.78, 5) is 46.3. The van der Waals surface area contributed by atoms with Gasteiger partial charge in [0, 0.05) is 0 Å². The van der Waals surface area contributed by atoms with Crippen molar-refractivity contribution in [1.29, 1.82) is 0 Å². The van der Waals surface area contributed by atoms with Crippen molar-refractivity contribution in [2.75, 3.05) is 23.7 Å². The third-order valence-corrected chi connectivity index (χ3v) is 6.21. The summed E-state index contributed by atoms with van der Waals surface area (Å²) in [7, 11) is 1.32. The molecule has 8 nitrogen and oxygen atoms in total. The zero-order chi connectivity index (χ0) is 24.5. The lowest BCUT2D eigenvalue weighted by molar-refractivity contribution is -0.126. The number of hydrogen-bond donors (Lipinski definition) is 0. The Morgan fingerprint density at radius 2 is 1.57 bits per heavy atom. The first kappa shape index (κ1) is 22.6. The Hall–Kier alpha value is -4.17. The minimum Gasteiger partial charge on any atom is -0.494 e. The fourth-order valence-corrected chi connectivity index (χ4v) is 4.60. The Morgan fingerprint density at radius 3 is 2.20 bits per heavy atom. The molecule has 178 valence electrons. The summed E-state index contributed by atoms with van der Waals surface area (Å²) in [6, 6.07) is 22.4. The van der Waals surface area contributed by atoms with Gasteiger partial charge in [0.2, 0.25) is 5.91 Å². The maximum Gasteiger partial charge on any atom is 0.337 e. The predicted molar refractivity (Wildman–Crippen MR) is 128 cm³/mol. The summed E-state index contributed by atoms with van der Waals surface area (Å²) in [5.41, 5.74) is 2.32. The maximum absolute atomic E-state index is 13.7. The largest absolute Gasteiger partial charge is 0.494 e. The second kappa shape index (κ2) is 9.23. The normalized spacial score (nSPS) is 21.3. The average molecular weight is 472 g/mol. The summed E-state index contributed by atoms with van der Waals surface area (Å²) in [6.45, 7) is 2.40. The summed E-state index contributed by atoms with van der Waals surface area (Å²) in [5.74, 6) is -1.32. The average Bonchev–Trinajstić information content (AvgIpc) is 3.41. The second-order valence-corrected chi connectivity index (χ2v) is 8.21. The zero-order valence-corrected chi connectivity index (χ0v) is 19.3. The number of hydrogen-bond acceptors (Lipinski definition) is 7. The lowest BCUT2D eigenvalue weighted by atomic mass is 9.90. The number of carbonyl (C=O) groups excluding carboxylic acids is 3. The number of carbonyl (C=O) groups is 3. The number of hydroxylamine groups is 1. The molecule has 3 atom stereocenters. The lowest BCUT2D eigenvalue weighted by Gasteiger charge is -2.28. The number of para-hydroxylation sites is 1. The van der Waals surface area contributed by atoms with Gasteiger partial charge in [0.15, 0.2) is 6.10 Å². The number of nitrogens with zero attached hydrogens (tertiary/aromatic N) is 2. The standard InChI is InChI=1S/C27H24N2O6/c1-3-34-21-15-13-19(14-16-21)28-25(30)22-23(17-9-11-18(12-10-17)27(32)33-2)29(35-24(22)26(28)31)20-7-5-4-6-8-20/h4-16,22-24H,3H2,1-2H3/t22-,23-,24-/m1/s1. The molecule has 2 heterocycles. The van der Waals surface area contributed by atoms with Crippen LogP contribution in [-0.4, -0.2) is 37.6 Å². The number of ether oxygens (including phenoxy) is 2. The van der Waals surface area contributed by atoms with Crippen LogP contribution in [0, 0.1) is 5.92 Å². The fraction of sp³-hybridized carbons (Fsp3) is 0.222. The number of imide groups is 1. The van der Waals surface area contributed by atoms with E-state index in [0.717, 1.165) is 11.3 Å². The molecular formula is C27H24N2O6. The van der Waals surface area contributed by atoms with Crippen LogP contribution in [-0.2, 0) is 19.2 Å². The predicted octanol–water partition coefficient (Wildman–Crippen LogP) is 3.92. The van der Waals surface area contributed by atoms with Gasteiger partial charge in [-0.3, -0.25) is 14.4 Å². The van der Waals surface area contributed by atoms with Crippen molar-refractivity contribution in [3.8, 4) is 5.75 Å². The fourth-order valence-electron chi connectivity index (χ4n) is 4.60. The van der Waals surface area contributed by atoms with Crippen LogP contribution in [0.2, 0.25) is 0 Å². The van der Waals surface area contributed by atoms with Gasteiger partial charge in [0.1, 0.15) is 11.7 Å². The molecule has 0 bridgehead atoms. The highest BCUT2D eigenvalue weighted by molar-refractivity contribution is 6.24. The number of rotatable bonds is 6. The van der Waals surface area contributed by atoms with Crippen molar-refractivity contribution in [2.45, 2.75) is 19.1 Å². The van der Waals surface area contributed by atoms with E-state index < -0.39 is 29.9 Å². The molecule has 0 aliphatic carbocycles. The molecule has 3 aromatic rings. The molecule has 0 radical (unpaired) electrons. The van der Waals surface area contributed by atoms with Crippen molar-refractivity contribution in [3.05, 3.63) is 90.0 Å². The minimum atomic E-state index is -0.973. The summed E-state index contributed by atoms with van der Waals surface area (Å²) < 4.78 is 10.3. The first-order valence-corrected chi connectivity index (χ1v) is 11.3. The topological polar surface area (TPSA) is 85.4 Å². The van der Waals surface area contributed by atoms with E-state index in [4.69, 9.17) is 14.3 Å². The van der Waals surface area contributed by atoms with E-state index in [1.807, 2.05) is 37.3 Å². The van der Waals surface area contributed by atoms with Crippen molar-refractivity contribution in [3.63, 3.8) is 0 Å². The summed E-state index contributed by atoms with van der Waals surface area (Å²) in [5, 5.41) is 1.62. The molecule has 5 rings (SSSR count). The Morgan fingerprint density at radius 1 is 0.886 bits per heavy atom. The van der Waals surface area contributed by atoms with Gasteiger partial charge in [-0.05, 0) is 61.0 Å².